The van der Waals surface area contributed by atoms with Crippen molar-refractivity contribution in [2.75, 3.05) is 7.11 Å². The van der Waals surface area contributed by atoms with Crippen molar-refractivity contribution >= 4 is 44.0 Å². The number of halogens is 1. The highest BCUT2D eigenvalue weighted by Gasteiger charge is 2.11. The van der Waals surface area contributed by atoms with E-state index in [1.807, 2.05) is 17.5 Å². The van der Waals surface area contributed by atoms with E-state index in [0.29, 0.717) is 0 Å². The normalized spacial score (nSPS) is 10.8. The van der Waals surface area contributed by atoms with Gasteiger partial charge in [0, 0.05) is 8.96 Å². The Morgan fingerprint density at radius 2 is 2.36 bits per heavy atom. The fourth-order valence-corrected chi connectivity index (χ4v) is 3.11. The first-order chi connectivity index (χ1) is 6.77. The molecule has 0 aliphatic rings. The van der Waals surface area contributed by atoms with Crippen LogP contribution in [0.25, 0.3) is 10.1 Å². The first-order valence-corrected chi connectivity index (χ1v) is 6.07. The van der Waals surface area contributed by atoms with Gasteiger partial charge in [0.2, 0.25) is 0 Å². The number of aliphatic hydroxyl groups excluding tert-OH is 1. The van der Waals surface area contributed by atoms with Crippen LogP contribution in [0.15, 0.2) is 17.5 Å². The molecular weight excluding hydrogens is 311 g/mol. The maximum atomic E-state index is 9.26. The Labute approximate surface area is 99.7 Å². The molecule has 0 aliphatic carbocycles. The zero-order chi connectivity index (χ0) is 10.1. The number of ether oxygens (including phenoxy) is 1. The first kappa shape index (κ1) is 10.2. The summed E-state index contributed by atoms with van der Waals surface area (Å²) < 4.78 is 7.45. The van der Waals surface area contributed by atoms with E-state index in [9.17, 15) is 5.11 Å². The molecule has 2 aromatic rings. The number of thiophene rings is 1. The van der Waals surface area contributed by atoms with E-state index in [0.717, 1.165) is 25.0 Å². The summed E-state index contributed by atoms with van der Waals surface area (Å²) in [6.07, 6.45) is 0. The molecule has 1 aromatic heterocycles. The van der Waals surface area contributed by atoms with Gasteiger partial charge in [-0.2, -0.15) is 0 Å². The van der Waals surface area contributed by atoms with Gasteiger partial charge in [-0.25, -0.2) is 0 Å². The molecule has 1 heterocycles. The molecule has 1 N–H and O–H groups in total. The van der Waals surface area contributed by atoms with Crippen LogP contribution in [0.1, 0.15) is 5.56 Å². The second-order valence-electron chi connectivity index (χ2n) is 2.86. The monoisotopic (exact) mass is 320 g/mol. The molecule has 0 spiro atoms. The van der Waals surface area contributed by atoms with Crippen molar-refractivity contribution in [3.05, 3.63) is 26.6 Å². The third kappa shape index (κ3) is 1.51. The summed E-state index contributed by atoms with van der Waals surface area (Å²) in [6, 6.07) is 3.99. The van der Waals surface area contributed by atoms with Crippen LogP contribution in [-0.4, -0.2) is 12.2 Å². The van der Waals surface area contributed by atoms with E-state index in [-0.39, 0.29) is 6.61 Å². The van der Waals surface area contributed by atoms with Gasteiger partial charge in [-0.3, -0.25) is 0 Å². The van der Waals surface area contributed by atoms with Crippen LogP contribution in [0.3, 0.4) is 0 Å². The molecule has 0 saturated carbocycles. The molecule has 2 nitrogen and oxygen atoms in total. The van der Waals surface area contributed by atoms with Crippen molar-refractivity contribution in [2.45, 2.75) is 6.61 Å². The molecule has 1 aromatic carbocycles. The van der Waals surface area contributed by atoms with E-state index in [1.165, 1.54) is 0 Å². The lowest BCUT2D eigenvalue weighted by atomic mass is 10.1. The van der Waals surface area contributed by atoms with E-state index >= 15 is 0 Å². The van der Waals surface area contributed by atoms with Crippen molar-refractivity contribution in [3.8, 4) is 5.75 Å². The van der Waals surface area contributed by atoms with E-state index in [2.05, 4.69) is 22.6 Å². The molecule has 0 aliphatic heterocycles. The van der Waals surface area contributed by atoms with Crippen LogP contribution < -0.4 is 4.74 Å². The van der Waals surface area contributed by atoms with E-state index in [1.54, 1.807) is 18.4 Å². The number of aliphatic hydroxyl groups is 1. The Balaban J connectivity index is 2.81. The van der Waals surface area contributed by atoms with Gasteiger partial charge < -0.3 is 9.84 Å². The van der Waals surface area contributed by atoms with Crippen LogP contribution in [-0.2, 0) is 6.61 Å². The average molecular weight is 320 g/mol. The second-order valence-corrected chi connectivity index (χ2v) is 4.94. The Bertz CT molecular complexity index is 464. The minimum atomic E-state index is 0.0789. The van der Waals surface area contributed by atoms with Crippen LogP contribution >= 0.6 is 33.9 Å². The van der Waals surface area contributed by atoms with Gasteiger partial charge in [-0.15, -0.1) is 11.3 Å². The molecule has 0 unspecified atom stereocenters. The van der Waals surface area contributed by atoms with Crippen LogP contribution in [0.4, 0.5) is 0 Å². The molecule has 74 valence electrons. The third-order valence-electron chi connectivity index (χ3n) is 2.14. The number of hydrogen-bond donors (Lipinski definition) is 1. The SMILES string of the molecule is COc1cc(I)c(CO)c2ccsc12. The van der Waals surface area contributed by atoms with Crippen LogP contribution in [0.2, 0.25) is 0 Å². The van der Waals surface area contributed by atoms with Gasteiger partial charge in [0.25, 0.3) is 0 Å². The molecule has 0 fully saturated rings. The number of benzene rings is 1. The highest BCUT2D eigenvalue weighted by Crippen LogP contribution is 2.35. The zero-order valence-corrected chi connectivity index (χ0v) is 10.6. The minimum absolute atomic E-state index is 0.0789. The fraction of sp³-hybridized carbons (Fsp3) is 0.200. The summed E-state index contributed by atoms with van der Waals surface area (Å²) >= 11 is 3.86. The highest BCUT2D eigenvalue weighted by atomic mass is 127. The van der Waals surface area contributed by atoms with Crippen molar-refractivity contribution in [1.29, 1.82) is 0 Å². The maximum absolute atomic E-state index is 9.26. The Hall–Kier alpha value is -0.330. The molecule has 4 heteroatoms. The minimum Gasteiger partial charge on any atom is -0.495 e. The maximum Gasteiger partial charge on any atom is 0.137 e. The lowest BCUT2D eigenvalue weighted by Crippen LogP contribution is -1.92. The Morgan fingerprint density at radius 1 is 1.57 bits per heavy atom. The van der Waals surface area contributed by atoms with Gasteiger partial charge in [-0.1, -0.05) is 0 Å². The van der Waals surface area contributed by atoms with Gasteiger partial charge >= 0.3 is 0 Å². The number of hydrogen-bond acceptors (Lipinski definition) is 3. The topological polar surface area (TPSA) is 29.5 Å². The fourth-order valence-electron chi connectivity index (χ4n) is 1.45. The molecule has 2 rings (SSSR count). The lowest BCUT2D eigenvalue weighted by molar-refractivity contribution is 0.282. The van der Waals surface area contributed by atoms with Crippen LogP contribution in [0.5, 0.6) is 5.75 Å². The van der Waals surface area contributed by atoms with Crippen molar-refractivity contribution < 1.29 is 9.84 Å². The summed E-state index contributed by atoms with van der Waals surface area (Å²) in [5.41, 5.74) is 0.989. The smallest absolute Gasteiger partial charge is 0.137 e. The van der Waals surface area contributed by atoms with Crippen molar-refractivity contribution in [1.82, 2.24) is 0 Å². The summed E-state index contributed by atoms with van der Waals surface area (Å²) in [5, 5.41) is 12.4. The molecule has 0 bridgehead atoms. The van der Waals surface area contributed by atoms with Crippen LogP contribution in [0, 0.1) is 3.57 Å². The Morgan fingerprint density at radius 3 is 3.00 bits per heavy atom. The third-order valence-corrected chi connectivity index (χ3v) is 4.03. The van der Waals surface area contributed by atoms with Crippen molar-refractivity contribution in [3.63, 3.8) is 0 Å². The molecular formula is C10H9IO2S. The summed E-state index contributed by atoms with van der Waals surface area (Å²) in [7, 11) is 1.67. The van der Waals surface area contributed by atoms with E-state index < -0.39 is 0 Å². The predicted molar refractivity (Wildman–Crippen MR) is 67.0 cm³/mol. The average Bonchev–Trinajstić information content (AvgIpc) is 2.65. The Kier molecular flexibility index (Phi) is 2.94. The second kappa shape index (κ2) is 4.04. The van der Waals surface area contributed by atoms with Gasteiger partial charge in [-0.05, 0) is 45.7 Å². The van der Waals surface area contributed by atoms with Gasteiger partial charge in [0.1, 0.15) is 5.75 Å². The first-order valence-electron chi connectivity index (χ1n) is 4.11. The molecule has 14 heavy (non-hydrogen) atoms. The quantitative estimate of drug-likeness (QED) is 0.862. The zero-order valence-electron chi connectivity index (χ0n) is 7.58. The van der Waals surface area contributed by atoms with Gasteiger partial charge in [0.15, 0.2) is 0 Å². The summed E-state index contributed by atoms with van der Waals surface area (Å²) in [6.45, 7) is 0.0789. The summed E-state index contributed by atoms with van der Waals surface area (Å²) in [4.78, 5) is 0. The molecule has 0 amide bonds. The number of methoxy groups -OCH3 is 1. The van der Waals surface area contributed by atoms with E-state index in [4.69, 9.17) is 4.74 Å². The number of fused-ring (bicyclic) bond motifs is 1. The standard InChI is InChI=1S/C10H9IO2S/c1-13-9-4-8(11)7(5-12)6-2-3-14-10(6)9/h2-4,12H,5H2,1H3. The molecule has 0 atom stereocenters. The van der Waals surface area contributed by atoms with Crippen molar-refractivity contribution in [2.24, 2.45) is 0 Å². The predicted octanol–water partition coefficient (Wildman–Crippen LogP) is 3.01. The lowest BCUT2D eigenvalue weighted by Gasteiger charge is -2.07. The van der Waals surface area contributed by atoms with Gasteiger partial charge in [0.05, 0.1) is 18.4 Å². The summed E-state index contributed by atoms with van der Waals surface area (Å²) in [5.74, 6) is 0.886. The molecule has 0 saturated heterocycles. The largest absolute Gasteiger partial charge is 0.495 e. The molecule has 0 radical (unpaired) electrons. The number of rotatable bonds is 2. The highest BCUT2D eigenvalue weighted by molar-refractivity contribution is 14.1.